The van der Waals surface area contributed by atoms with Crippen LogP contribution in [0.15, 0.2) is 0 Å². The first-order valence-corrected chi connectivity index (χ1v) is 14.4. The van der Waals surface area contributed by atoms with E-state index in [1.807, 2.05) is 0 Å². The average Bonchev–Trinajstić information content (AvgIpc) is 2.06. The van der Waals surface area contributed by atoms with Crippen LogP contribution in [0.5, 0.6) is 0 Å². The quantitative estimate of drug-likeness (QED) is 0.504. The van der Waals surface area contributed by atoms with Gasteiger partial charge in [-0.15, -0.1) is 0 Å². The van der Waals surface area contributed by atoms with Crippen LogP contribution in [0.1, 0.15) is 5.71 Å². The highest BCUT2D eigenvalue weighted by Crippen LogP contribution is 2.08. The van der Waals surface area contributed by atoms with Gasteiger partial charge >= 0.3 is 14.8 Å². The van der Waals surface area contributed by atoms with Gasteiger partial charge in [0.1, 0.15) is 0 Å². The zero-order valence-electron chi connectivity index (χ0n) is 13.0. The van der Waals surface area contributed by atoms with Crippen molar-refractivity contribution in [3.63, 3.8) is 0 Å². The molecule has 0 heterocycles. The van der Waals surface area contributed by atoms with E-state index < -0.39 is 48.1 Å². The molecule has 0 rings (SSSR count). The van der Waals surface area contributed by atoms with Gasteiger partial charge in [0, 0.05) is 0 Å². The third-order valence-corrected chi connectivity index (χ3v) is 11.6. The van der Waals surface area contributed by atoms with Crippen LogP contribution in [0.25, 0.3) is 0 Å². The fraction of sp³-hybridized carbons (Fsp3) is 1.00. The Morgan fingerprint density at radius 3 is 1.08 bits per heavy atom. The molecule has 0 fully saturated rings. The van der Waals surface area contributed by atoms with E-state index in [4.69, 9.17) is 16.5 Å². The first-order valence-electron chi connectivity index (χ1n) is 4.80. The van der Waals surface area contributed by atoms with E-state index in [0.29, 0.717) is 0 Å². The molecular formula is C4H24O4Si5+4. The van der Waals surface area contributed by atoms with E-state index in [0.717, 1.165) is 0 Å². The number of hydrogen-bond donors (Lipinski definition) is 0. The molecule has 0 N–H and O–H groups in total. The van der Waals surface area contributed by atoms with Gasteiger partial charge in [-0.1, -0.05) is 26.2 Å². The molecule has 0 amide bonds. The zero-order chi connectivity index (χ0) is 10.2. The minimum Gasteiger partial charge on any atom is -0.402 e. The van der Waals surface area contributed by atoms with Gasteiger partial charge in [-0.2, -0.15) is 0 Å². The Kier molecular flexibility index (Phi) is 8.84. The Morgan fingerprint density at radius 1 is 0.692 bits per heavy atom. The predicted octanol–water partition coefficient (Wildman–Crippen LogP) is -1.53. The second-order valence-corrected chi connectivity index (χ2v) is 10.2. The summed E-state index contributed by atoms with van der Waals surface area (Å²) < 4.78 is 22.7. The Bertz CT molecular complexity index is 109. The summed E-state index contributed by atoms with van der Waals surface area (Å²) in [6.45, 7) is 8.35. The SMILES string of the molecule is C[SiH2]O[Si](O[SiH2]C)(O[SiH2]C)O[SiH2]C.[H+].[H+].[H+].[H+]. The first-order chi connectivity index (χ1) is 6.24. The monoisotopic (exact) mass is 276 g/mol. The van der Waals surface area contributed by atoms with Crippen molar-refractivity contribution in [2.45, 2.75) is 26.2 Å². The van der Waals surface area contributed by atoms with Gasteiger partial charge in [-0.3, -0.25) is 0 Å². The van der Waals surface area contributed by atoms with Crippen molar-refractivity contribution < 1.29 is 22.2 Å². The van der Waals surface area contributed by atoms with Crippen molar-refractivity contribution in [3.05, 3.63) is 0 Å². The van der Waals surface area contributed by atoms with Gasteiger partial charge in [0.2, 0.25) is 0 Å². The van der Waals surface area contributed by atoms with E-state index in [1.54, 1.807) is 0 Å². The summed E-state index contributed by atoms with van der Waals surface area (Å²) in [6.07, 6.45) is 0. The van der Waals surface area contributed by atoms with E-state index >= 15 is 0 Å². The minimum atomic E-state index is -2.55. The lowest BCUT2D eigenvalue weighted by Gasteiger charge is -2.28. The average molecular weight is 277 g/mol. The molecule has 0 bridgehead atoms. The second kappa shape index (κ2) is 8.25. The summed E-state index contributed by atoms with van der Waals surface area (Å²) in [5, 5.41) is 0. The third kappa shape index (κ3) is 5.38. The van der Waals surface area contributed by atoms with E-state index in [1.165, 1.54) is 0 Å². The van der Waals surface area contributed by atoms with Crippen LogP contribution in [0.4, 0.5) is 0 Å². The first kappa shape index (κ1) is 13.9. The lowest BCUT2D eigenvalue weighted by atomic mass is 11.9. The molecule has 9 heteroatoms. The van der Waals surface area contributed by atoms with Crippen molar-refractivity contribution >= 4 is 48.1 Å². The molecule has 0 aliphatic rings. The van der Waals surface area contributed by atoms with Crippen molar-refractivity contribution in [2.24, 2.45) is 0 Å². The highest BCUT2D eigenvalue weighted by Gasteiger charge is 2.41. The maximum atomic E-state index is 5.67. The Morgan fingerprint density at radius 2 is 0.923 bits per heavy atom. The van der Waals surface area contributed by atoms with Crippen molar-refractivity contribution in [3.8, 4) is 0 Å². The second-order valence-electron chi connectivity index (χ2n) is 2.23. The van der Waals surface area contributed by atoms with Crippen LogP contribution in [0.2, 0.25) is 26.2 Å². The van der Waals surface area contributed by atoms with Crippen LogP contribution in [-0.2, 0) is 16.5 Å². The molecule has 0 aliphatic carbocycles. The molecule has 0 aromatic rings. The van der Waals surface area contributed by atoms with Gasteiger partial charge < -0.3 is 16.5 Å². The van der Waals surface area contributed by atoms with Crippen LogP contribution >= 0.6 is 0 Å². The molecule has 0 spiro atoms. The summed E-state index contributed by atoms with van der Waals surface area (Å²) in [7, 11) is -4.54. The highest BCUT2D eigenvalue weighted by molar-refractivity contribution is 6.71. The molecule has 0 aromatic heterocycles. The summed E-state index contributed by atoms with van der Waals surface area (Å²) in [5.74, 6) is 0. The maximum Gasteiger partial charge on any atom is 1.00 e. The summed E-state index contributed by atoms with van der Waals surface area (Å²) >= 11 is 0. The highest BCUT2D eigenvalue weighted by atomic mass is 28.5. The molecule has 4 nitrogen and oxygen atoms in total. The molecule has 13 heavy (non-hydrogen) atoms. The van der Waals surface area contributed by atoms with Crippen LogP contribution in [-0.4, -0.2) is 48.1 Å². The predicted molar refractivity (Wildman–Crippen MR) is 72.2 cm³/mol. The Labute approximate surface area is 96.9 Å². The standard InChI is InChI=1S/C4H20O4Si5/c1-9-5-13(6-10-2,7-11-3)8-12-4/h9-12H2,1-4H3/p+4. The topological polar surface area (TPSA) is 36.9 Å². The Balaban J connectivity index is -0.000000120. The van der Waals surface area contributed by atoms with Gasteiger partial charge in [-0.25, -0.2) is 0 Å². The summed E-state index contributed by atoms with van der Waals surface area (Å²) in [6, 6.07) is 0. The maximum absolute atomic E-state index is 5.67. The van der Waals surface area contributed by atoms with Crippen molar-refractivity contribution in [2.75, 3.05) is 0 Å². The number of hydrogen-bond acceptors (Lipinski definition) is 4. The summed E-state index contributed by atoms with van der Waals surface area (Å²) in [4.78, 5) is 0. The number of rotatable bonds is 8. The van der Waals surface area contributed by atoms with Gasteiger partial charge in [0.15, 0.2) is 39.1 Å². The molecule has 0 aliphatic heterocycles. The third-order valence-electron chi connectivity index (χ3n) is 1.28. The Hall–Kier alpha value is 0.924. The normalized spacial score (nSPS) is 19.4. The van der Waals surface area contributed by atoms with Crippen LogP contribution in [0.3, 0.4) is 0 Å². The fourth-order valence-corrected chi connectivity index (χ4v) is 13.1. The lowest BCUT2D eigenvalue weighted by Crippen LogP contribution is -2.51. The van der Waals surface area contributed by atoms with Gasteiger partial charge in [0.25, 0.3) is 0 Å². The van der Waals surface area contributed by atoms with E-state index in [-0.39, 0.29) is 5.71 Å². The lowest BCUT2D eigenvalue weighted by molar-refractivity contribution is 0.177. The molecule has 0 unspecified atom stereocenters. The smallest absolute Gasteiger partial charge is 0.402 e. The van der Waals surface area contributed by atoms with E-state index in [9.17, 15) is 0 Å². The van der Waals surface area contributed by atoms with Crippen molar-refractivity contribution in [1.82, 2.24) is 0 Å². The summed E-state index contributed by atoms with van der Waals surface area (Å²) in [5.41, 5.74) is 0. The molecule has 0 atom stereocenters. The molecule has 0 aromatic carbocycles. The minimum absolute atomic E-state index is 0. The zero-order valence-corrected chi connectivity index (χ0v) is 15.6. The molecule has 0 saturated heterocycles. The molecule has 0 radical (unpaired) electrons. The molecular weight excluding hydrogens is 252 g/mol. The molecule has 80 valence electrons. The molecule has 0 saturated carbocycles. The fourth-order valence-electron chi connectivity index (χ4n) is 0.957. The van der Waals surface area contributed by atoms with E-state index in [2.05, 4.69) is 26.2 Å². The van der Waals surface area contributed by atoms with Crippen LogP contribution < -0.4 is 0 Å². The van der Waals surface area contributed by atoms with Crippen molar-refractivity contribution in [1.29, 1.82) is 0 Å². The van der Waals surface area contributed by atoms with Crippen LogP contribution in [0, 0.1) is 0 Å². The largest absolute Gasteiger partial charge is 1.00 e. The van der Waals surface area contributed by atoms with Gasteiger partial charge in [-0.05, 0) is 0 Å². The van der Waals surface area contributed by atoms with Gasteiger partial charge in [0.05, 0.1) is 0 Å².